The molecule has 3 N–H and O–H groups in total. The van der Waals surface area contributed by atoms with E-state index in [1.54, 1.807) is 6.92 Å². The molecule has 86 valence electrons. The van der Waals surface area contributed by atoms with Crippen molar-refractivity contribution >= 4 is 11.9 Å². The summed E-state index contributed by atoms with van der Waals surface area (Å²) < 4.78 is 0. The van der Waals surface area contributed by atoms with Gasteiger partial charge in [0.25, 0.3) is 5.91 Å². The summed E-state index contributed by atoms with van der Waals surface area (Å²) >= 11 is 0. The molecular weight excluding hydrogens is 194 g/mol. The summed E-state index contributed by atoms with van der Waals surface area (Å²) in [5.74, 6) is -0.118. The van der Waals surface area contributed by atoms with E-state index in [0.29, 0.717) is 19.5 Å². The first kappa shape index (κ1) is 12.0. The molecule has 1 fully saturated rings. The minimum Gasteiger partial charge on any atom is -0.330 e. The van der Waals surface area contributed by atoms with Crippen molar-refractivity contribution in [2.45, 2.75) is 38.6 Å². The molecule has 0 aromatic rings. The number of unbranched alkanes of at least 4 members (excludes halogenated alkanes) is 1. The average Bonchev–Trinajstić information content (AvgIpc) is 2.42. The van der Waals surface area contributed by atoms with Crippen LogP contribution in [-0.2, 0) is 4.79 Å². The fourth-order valence-corrected chi connectivity index (χ4v) is 1.60. The fourth-order valence-electron chi connectivity index (χ4n) is 1.60. The lowest BCUT2D eigenvalue weighted by Gasteiger charge is -2.19. The molecule has 1 atom stereocenters. The molecule has 0 bridgehead atoms. The number of hydrogen-bond acceptors (Lipinski definition) is 3. The van der Waals surface area contributed by atoms with Crippen LogP contribution in [-0.4, -0.2) is 35.5 Å². The SMILES string of the molecule is CCC1(C)NC(=O)N(CCCCN)C1=O. The topological polar surface area (TPSA) is 75.4 Å². The molecule has 5 nitrogen and oxygen atoms in total. The molecule has 0 saturated carbocycles. The molecule has 5 heteroatoms. The Morgan fingerprint density at radius 3 is 2.53 bits per heavy atom. The first-order valence-electron chi connectivity index (χ1n) is 5.39. The van der Waals surface area contributed by atoms with E-state index in [2.05, 4.69) is 5.32 Å². The van der Waals surface area contributed by atoms with Gasteiger partial charge in [-0.1, -0.05) is 6.92 Å². The minimum absolute atomic E-state index is 0.118. The second-order valence-corrected chi connectivity index (χ2v) is 4.07. The minimum atomic E-state index is -0.709. The summed E-state index contributed by atoms with van der Waals surface area (Å²) in [7, 11) is 0. The van der Waals surface area contributed by atoms with Gasteiger partial charge in [-0.25, -0.2) is 4.79 Å². The number of carbonyl (C=O) groups excluding carboxylic acids is 2. The summed E-state index contributed by atoms with van der Waals surface area (Å²) in [6.07, 6.45) is 2.22. The maximum absolute atomic E-state index is 11.9. The first-order chi connectivity index (χ1) is 7.05. The highest BCUT2D eigenvalue weighted by molar-refractivity contribution is 6.06. The predicted octanol–water partition coefficient (Wildman–Crippen LogP) is 0.446. The van der Waals surface area contributed by atoms with Crippen molar-refractivity contribution < 1.29 is 9.59 Å². The van der Waals surface area contributed by atoms with Gasteiger partial charge in [0.1, 0.15) is 5.54 Å². The zero-order chi connectivity index (χ0) is 11.5. The monoisotopic (exact) mass is 213 g/mol. The quantitative estimate of drug-likeness (QED) is 0.514. The number of carbonyl (C=O) groups is 2. The van der Waals surface area contributed by atoms with E-state index in [1.807, 2.05) is 6.92 Å². The van der Waals surface area contributed by atoms with Gasteiger partial charge in [-0.3, -0.25) is 9.69 Å². The molecule has 15 heavy (non-hydrogen) atoms. The van der Waals surface area contributed by atoms with Gasteiger partial charge in [-0.15, -0.1) is 0 Å². The Kier molecular flexibility index (Phi) is 3.68. The third-order valence-electron chi connectivity index (χ3n) is 2.89. The molecule has 1 unspecified atom stereocenters. The summed E-state index contributed by atoms with van der Waals surface area (Å²) in [4.78, 5) is 24.7. The van der Waals surface area contributed by atoms with Crippen LogP contribution < -0.4 is 11.1 Å². The third-order valence-corrected chi connectivity index (χ3v) is 2.89. The van der Waals surface area contributed by atoms with Crippen LogP contribution in [0.25, 0.3) is 0 Å². The molecule has 3 amide bonds. The van der Waals surface area contributed by atoms with Crippen LogP contribution in [0, 0.1) is 0 Å². The summed E-state index contributed by atoms with van der Waals surface area (Å²) in [5, 5.41) is 2.71. The van der Waals surface area contributed by atoms with Gasteiger partial charge in [0.05, 0.1) is 0 Å². The van der Waals surface area contributed by atoms with E-state index in [-0.39, 0.29) is 11.9 Å². The highest BCUT2D eigenvalue weighted by Crippen LogP contribution is 2.20. The first-order valence-corrected chi connectivity index (χ1v) is 5.39. The number of urea groups is 1. The van der Waals surface area contributed by atoms with Gasteiger partial charge in [0.15, 0.2) is 0 Å². The van der Waals surface area contributed by atoms with Gasteiger partial charge >= 0.3 is 6.03 Å². The molecule has 1 aliphatic rings. The molecular formula is C10H19N3O2. The fraction of sp³-hybridized carbons (Fsp3) is 0.800. The number of nitrogens with one attached hydrogen (secondary N) is 1. The van der Waals surface area contributed by atoms with Gasteiger partial charge in [-0.2, -0.15) is 0 Å². The summed E-state index contributed by atoms with van der Waals surface area (Å²) in [6.45, 7) is 4.71. The maximum atomic E-state index is 11.9. The van der Waals surface area contributed by atoms with Crippen LogP contribution in [0.1, 0.15) is 33.1 Å². The van der Waals surface area contributed by atoms with E-state index in [1.165, 1.54) is 4.90 Å². The van der Waals surface area contributed by atoms with Crippen LogP contribution >= 0.6 is 0 Å². The van der Waals surface area contributed by atoms with Crippen molar-refractivity contribution in [2.75, 3.05) is 13.1 Å². The van der Waals surface area contributed by atoms with Crippen LogP contribution in [0.5, 0.6) is 0 Å². The number of nitrogens with zero attached hydrogens (tertiary/aromatic N) is 1. The van der Waals surface area contributed by atoms with Crippen LogP contribution in [0.4, 0.5) is 4.79 Å². The Balaban J connectivity index is 2.59. The number of nitrogens with two attached hydrogens (primary N) is 1. The van der Waals surface area contributed by atoms with Crippen LogP contribution in [0.3, 0.4) is 0 Å². The van der Waals surface area contributed by atoms with E-state index in [0.717, 1.165) is 12.8 Å². The second kappa shape index (κ2) is 4.61. The lowest BCUT2D eigenvalue weighted by molar-refractivity contribution is -0.130. The molecule has 1 saturated heterocycles. The Labute approximate surface area is 90.0 Å². The molecule has 0 spiro atoms. The van der Waals surface area contributed by atoms with Crippen molar-refractivity contribution in [1.29, 1.82) is 0 Å². The number of imide groups is 1. The maximum Gasteiger partial charge on any atom is 0.325 e. The van der Waals surface area contributed by atoms with Gasteiger partial charge in [-0.05, 0) is 32.7 Å². The standard InChI is InChI=1S/C10H19N3O2/c1-3-10(2)8(14)13(9(15)12-10)7-5-4-6-11/h3-7,11H2,1-2H3,(H,12,15). The predicted molar refractivity (Wildman–Crippen MR) is 57.2 cm³/mol. The zero-order valence-electron chi connectivity index (χ0n) is 9.38. The lowest BCUT2D eigenvalue weighted by atomic mass is 9.99. The molecule has 1 aliphatic heterocycles. The Morgan fingerprint density at radius 2 is 2.07 bits per heavy atom. The van der Waals surface area contributed by atoms with Crippen molar-refractivity contribution in [3.8, 4) is 0 Å². The van der Waals surface area contributed by atoms with Gasteiger partial charge < -0.3 is 11.1 Å². The van der Waals surface area contributed by atoms with Crippen molar-refractivity contribution in [3.63, 3.8) is 0 Å². The average molecular weight is 213 g/mol. The summed E-state index contributed by atoms with van der Waals surface area (Å²) in [5.41, 5.74) is 4.65. The van der Waals surface area contributed by atoms with E-state index in [4.69, 9.17) is 5.73 Å². The molecule has 0 aliphatic carbocycles. The zero-order valence-corrected chi connectivity index (χ0v) is 9.38. The Hall–Kier alpha value is -1.10. The van der Waals surface area contributed by atoms with Gasteiger partial charge in [0, 0.05) is 6.54 Å². The van der Waals surface area contributed by atoms with E-state index < -0.39 is 5.54 Å². The largest absolute Gasteiger partial charge is 0.330 e. The second-order valence-electron chi connectivity index (χ2n) is 4.07. The molecule has 1 rings (SSSR count). The van der Waals surface area contributed by atoms with Crippen molar-refractivity contribution in [2.24, 2.45) is 5.73 Å². The smallest absolute Gasteiger partial charge is 0.325 e. The van der Waals surface area contributed by atoms with Crippen LogP contribution in [0.15, 0.2) is 0 Å². The van der Waals surface area contributed by atoms with Crippen molar-refractivity contribution in [1.82, 2.24) is 10.2 Å². The molecule has 0 aromatic heterocycles. The van der Waals surface area contributed by atoms with Crippen molar-refractivity contribution in [3.05, 3.63) is 0 Å². The van der Waals surface area contributed by atoms with E-state index >= 15 is 0 Å². The number of rotatable bonds is 5. The Bertz CT molecular complexity index is 267. The Morgan fingerprint density at radius 1 is 1.40 bits per heavy atom. The normalized spacial score (nSPS) is 25.9. The number of amides is 3. The third kappa shape index (κ3) is 2.28. The molecule has 0 radical (unpaired) electrons. The lowest BCUT2D eigenvalue weighted by Crippen LogP contribution is -2.43. The molecule has 0 aromatic carbocycles. The van der Waals surface area contributed by atoms with Crippen LogP contribution in [0.2, 0.25) is 0 Å². The number of hydrogen-bond donors (Lipinski definition) is 2. The summed E-state index contributed by atoms with van der Waals surface area (Å²) in [6, 6.07) is -0.277. The molecule has 1 heterocycles. The van der Waals surface area contributed by atoms with E-state index in [9.17, 15) is 9.59 Å². The highest BCUT2D eigenvalue weighted by atomic mass is 16.2. The van der Waals surface area contributed by atoms with Gasteiger partial charge in [0.2, 0.25) is 0 Å². The highest BCUT2D eigenvalue weighted by Gasteiger charge is 2.45.